The average molecular weight is 512 g/mol. The van der Waals surface area contributed by atoms with Crippen LogP contribution in [0.5, 0.6) is 0 Å². The van der Waals surface area contributed by atoms with E-state index in [1.54, 1.807) is 5.57 Å². The quantitative estimate of drug-likeness (QED) is 0.346. The highest BCUT2D eigenvalue weighted by Crippen LogP contribution is 2.67. The maximum absolute atomic E-state index is 12.6. The molecule has 0 saturated heterocycles. The standard InChI is InChI=1S/C34H57NO2/c1-23(2)10-9-11-24(3)29-16-17-30-28-15-14-25-22-27(37-32(36)35-26-12-7-6-8-13-26)18-20-33(25,4)31(28)19-21-34(29,30)5/h14,23-24,26-31H,6-13,15-22H2,1-5H3,(H,35,36). The SMILES string of the molecule is CC(C)CCCC(C)C1CCC2C3CC=C4CC(OC(=O)NC5CCCCC5)CCC4(C)C3CCC12C. The molecule has 0 spiro atoms. The number of hydrogen-bond acceptors (Lipinski definition) is 2. The van der Waals surface area contributed by atoms with E-state index < -0.39 is 0 Å². The van der Waals surface area contributed by atoms with Gasteiger partial charge in [0.15, 0.2) is 0 Å². The predicted molar refractivity (Wildman–Crippen MR) is 153 cm³/mol. The monoisotopic (exact) mass is 511 g/mol. The molecule has 3 nitrogen and oxygen atoms in total. The second kappa shape index (κ2) is 11.2. The van der Waals surface area contributed by atoms with Crippen molar-refractivity contribution in [3.8, 4) is 0 Å². The summed E-state index contributed by atoms with van der Waals surface area (Å²) in [5.74, 6) is 5.25. The zero-order valence-electron chi connectivity index (χ0n) is 24.8. The fourth-order valence-corrected chi connectivity index (χ4v) is 10.4. The van der Waals surface area contributed by atoms with Crippen LogP contribution < -0.4 is 5.32 Å². The number of ether oxygens (including phenoxy) is 1. The van der Waals surface area contributed by atoms with Crippen LogP contribution in [-0.4, -0.2) is 18.2 Å². The Labute approximate surface area is 228 Å². The molecule has 5 aliphatic carbocycles. The predicted octanol–water partition coefficient (Wildman–Crippen LogP) is 9.46. The van der Waals surface area contributed by atoms with Crippen molar-refractivity contribution < 1.29 is 9.53 Å². The van der Waals surface area contributed by atoms with Gasteiger partial charge in [0.1, 0.15) is 6.10 Å². The third-order valence-corrected chi connectivity index (χ3v) is 12.5. The van der Waals surface area contributed by atoms with Gasteiger partial charge < -0.3 is 10.1 Å². The van der Waals surface area contributed by atoms with E-state index in [2.05, 4.69) is 46.0 Å². The fraction of sp³-hybridized carbons (Fsp3) is 0.912. The Kier molecular flexibility index (Phi) is 8.38. The first kappa shape index (κ1) is 27.6. The summed E-state index contributed by atoms with van der Waals surface area (Å²) in [6.07, 6.45) is 23.0. The molecule has 4 fully saturated rings. The van der Waals surface area contributed by atoms with Crippen molar-refractivity contribution in [2.24, 2.45) is 46.3 Å². The number of rotatable bonds is 7. The third kappa shape index (κ3) is 5.54. The summed E-state index contributed by atoms with van der Waals surface area (Å²) in [6.45, 7) is 12.6. The highest BCUT2D eigenvalue weighted by atomic mass is 16.6. The van der Waals surface area contributed by atoms with Gasteiger partial charge in [0.25, 0.3) is 0 Å². The van der Waals surface area contributed by atoms with Crippen LogP contribution in [0, 0.1) is 46.3 Å². The highest BCUT2D eigenvalue weighted by Gasteiger charge is 2.59. The lowest BCUT2D eigenvalue weighted by molar-refractivity contribution is -0.0582. The van der Waals surface area contributed by atoms with Gasteiger partial charge in [0.2, 0.25) is 0 Å². The number of fused-ring (bicyclic) bond motifs is 5. The van der Waals surface area contributed by atoms with Crippen LogP contribution in [-0.2, 0) is 4.74 Å². The fourth-order valence-electron chi connectivity index (χ4n) is 10.4. The zero-order valence-corrected chi connectivity index (χ0v) is 24.8. The van der Waals surface area contributed by atoms with Crippen molar-refractivity contribution in [3.05, 3.63) is 11.6 Å². The van der Waals surface area contributed by atoms with E-state index >= 15 is 0 Å². The van der Waals surface area contributed by atoms with Crippen LogP contribution in [0.4, 0.5) is 4.79 Å². The van der Waals surface area contributed by atoms with Gasteiger partial charge in [-0.3, -0.25) is 0 Å². The number of alkyl carbamates (subject to hydrolysis) is 1. The summed E-state index contributed by atoms with van der Waals surface area (Å²) in [4.78, 5) is 12.6. The molecule has 3 heteroatoms. The molecule has 210 valence electrons. The van der Waals surface area contributed by atoms with E-state index in [9.17, 15) is 4.79 Å². The Bertz CT molecular complexity index is 828. The number of hydrogen-bond donors (Lipinski definition) is 1. The minimum absolute atomic E-state index is 0.0656. The van der Waals surface area contributed by atoms with E-state index in [0.29, 0.717) is 16.9 Å². The van der Waals surface area contributed by atoms with E-state index in [4.69, 9.17) is 4.74 Å². The molecule has 0 aliphatic heterocycles. The van der Waals surface area contributed by atoms with E-state index in [1.165, 1.54) is 77.0 Å². The van der Waals surface area contributed by atoms with Gasteiger partial charge in [-0.25, -0.2) is 4.79 Å². The molecule has 1 N–H and O–H groups in total. The molecule has 0 bridgehead atoms. The Morgan fingerprint density at radius 3 is 2.51 bits per heavy atom. The number of allylic oxidation sites excluding steroid dienone is 1. The summed E-state index contributed by atoms with van der Waals surface area (Å²) in [5, 5.41) is 3.17. The van der Waals surface area contributed by atoms with Gasteiger partial charge in [0.05, 0.1) is 0 Å². The molecular weight excluding hydrogens is 454 g/mol. The van der Waals surface area contributed by atoms with Crippen LogP contribution in [0.25, 0.3) is 0 Å². The van der Waals surface area contributed by atoms with Crippen molar-refractivity contribution in [3.63, 3.8) is 0 Å². The van der Waals surface area contributed by atoms with Gasteiger partial charge >= 0.3 is 6.09 Å². The Morgan fingerprint density at radius 2 is 1.76 bits per heavy atom. The van der Waals surface area contributed by atoms with Crippen LogP contribution >= 0.6 is 0 Å². The summed E-state index contributed by atoms with van der Waals surface area (Å²) in [6, 6.07) is 0.328. The summed E-state index contributed by atoms with van der Waals surface area (Å²) in [5.41, 5.74) is 2.50. The first-order chi connectivity index (χ1) is 17.7. The van der Waals surface area contributed by atoms with Crippen molar-refractivity contribution >= 4 is 6.09 Å². The van der Waals surface area contributed by atoms with Gasteiger partial charge in [-0.1, -0.05) is 84.8 Å². The largest absolute Gasteiger partial charge is 0.446 e. The second-order valence-corrected chi connectivity index (χ2v) is 15.0. The summed E-state index contributed by atoms with van der Waals surface area (Å²) in [7, 11) is 0. The Balaban J connectivity index is 1.20. The smallest absolute Gasteiger partial charge is 0.407 e. The topological polar surface area (TPSA) is 38.3 Å². The minimum Gasteiger partial charge on any atom is -0.446 e. The molecule has 8 unspecified atom stereocenters. The van der Waals surface area contributed by atoms with Gasteiger partial charge in [-0.2, -0.15) is 0 Å². The van der Waals surface area contributed by atoms with Crippen molar-refractivity contribution in [1.82, 2.24) is 5.32 Å². The third-order valence-electron chi connectivity index (χ3n) is 12.5. The molecule has 5 rings (SSSR count). The first-order valence-corrected chi connectivity index (χ1v) is 16.4. The van der Waals surface area contributed by atoms with Gasteiger partial charge in [-0.15, -0.1) is 0 Å². The lowest BCUT2D eigenvalue weighted by Gasteiger charge is -2.58. The molecule has 5 aliphatic rings. The van der Waals surface area contributed by atoms with Gasteiger partial charge in [0, 0.05) is 12.5 Å². The zero-order chi connectivity index (χ0) is 26.2. The molecule has 4 saturated carbocycles. The van der Waals surface area contributed by atoms with Crippen LogP contribution in [0.15, 0.2) is 11.6 Å². The number of amides is 1. The maximum atomic E-state index is 12.6. The average Bonchev–Trinajstić information content (AvgIpc) is 3.22. The van der Waals surface area contributed by atoms with E-state index in [0.717, 1.165) is 61.2 Å². The second-order valence-electron chi connectivity index (χ2n) is 15.0. The molecule has 0 radical (unpaired) electrons. The molecular formula is C34H57NO2. The Hall–Kier alpha value is -0.990. The number of nitrogens with one attached hydrogen (secondary N) is 1. The molecule has 37 heavy (non-hydrogen) atoms. The minimum atomic E-state index is -0.164. The molecule has 0 aromatic heterocycles. The van der Waals surface area contributed by atoms with Crippen molar-refractivity contribution in [2.75, 3.05) is 0 Å². The summed E-state index contributed by atoms with van der Waals surface area (Å²) < 4.78 is 6.01. The molecule has 1 amide bonds. The highest BCUT2D eigenvalue weighted by molar-refractivity contribution is 5.67. The number of carbonyl (C=O) groups excluding carboxylic acids is 1. The van der Waals surface area contributed by atoms with E-state index in [-0.39, 0.29) is 12.2 Å². The van der Waals surface area contributed by atoms with Crippen molar-refractivity contribution in [2.45, 2.75) is 149 Å². The molecule has 0 heterocycles. The molecule has 0 aromatic rings. The molecule has 8 atom stereocenters. The van der Waals surface area contributed by atoms with Crippen LogP contribution in [0.3, 0.4) is 0 Å². The van der Waals surface area contributed by atoms with Crippen LogP contribution in [0.2, 0.25) is 0 Å². The first-order valence-electron chi connectivity index (χ1n) is 16.4. The maximum Gasteiger partial charge on any atom is 0.407 e. The summed E-state index contributed by atoms with van der Waals surface area (Å²) >= 11 is 0. The van der Waals surface area contributed by atoms with E-state index in [1.807, 2.05) is 0 Å². The van der Waals surface area contributed by atoms with Gasteiger partial charge in [-0.05, 0) is 104 Å². The Morgan fingerprint density at radius 1 is 0.973 bits per heavy atom. The van der Waals surface area contributed by atoms with Crippen molar-refractivity contribution in [1.29, 1.82) is 0 Å². The lowest BCUT2D eigenvalue weighted by atomic mass is 9.47. The normalized spacial score (nSPS) is 40.8. The molecule has 0 aromatic carbocycles. The number of carbonyl (C=O) groups is 1. The van der Waals surface area contributed by atoms with Crippen LogP contribution in [0.1, 0.15) is 137 Å². The lowest BCUT2D eigenvalue weighted by Crippen LogP contribution is -2.51.